The van der Waals surface area contributed by atoms with E-state index in [9.17, 15) is 4.79 Å². The summed E-state index contributed by atoms with van der Waals surface area (Å²) in [5.41, 5.74) is 0. The first-order valence-corrected chi connectivity index (χ1v) is 5.17. The Bertz CT molecular complexity index is 144. The van der Waals surface area contributed by atoms with Crippen molar-refractivity contribution in [2.75, 3.05) is 26.7 Å². The fourth-order valence-corrected chi connectivity index (χ4v) is 1.23. The lowest BCUT2D eigenvalue weighted by atomic mass is 10.3. The molecule has 0 aromatic heterocycles. The Labute approximate surface area is 81.7 Å². The van der Waals surface area contributed by atoms with Gasteiger partial charge in [0.15, 0.2) is 0 Å². The number of urea groups is 1. The van der Waals surface area contributed by atoms with Crippen molar-refractivity contribution < 1.29 is 4.79 Å². The standard InChI is InChI=1S/C10H22N2O/c1-5-8-9-11(4)10(13)12(6-2)7-3/h5-9H2,1-4H3. The zero-order valence-corrected chi connectivity index (χ0v) is 9.34. The molecule has 0 saturated carbocycles. The maximum absolute atomic E-state index is 11.7. The van der Waals surface area contributed by atoms with Gasteiger partial charge in [0.1, 0.15) is 0 Å². The highest BCUT2D eigenvalue weighted by molar-refractivity contribution is 5.74. The van der Waals surface area contributed by atoms with Crippen LogP contribution in [0.3, 0.4) is 0 Å². The van der Waals surface area contributed by atoms with Crippen molar-refractivity contribution >= 4 is 6.03 Å². The van der Waals surface area contributed by atoms with Crippen molar-refractivity contribution in [1.82, 2.24) is 9.80 Å². The summed E-state index contributed by atoms with van der Waals surface area (Å²) >= 11 is 0. The molecule has 0 unspecified atom stereocenters. The van der Waals surface area contributed by atoms with Gasteiger partial charge >= 0.3 is 6.03 Å². The van der Waals surface area contributed by atoms with Crippen LogP contribution in [-0.4, -0.2) is 42.5 Å². The molecule has 0 aliphatic rings. The van der Waals surface area contributed by atoms with Gasteiger partial charge in [-0.25, -0.2) is 4.79 Å². The first-order chi connectivity index (χ1) is 6.17. The molecule has 0 aliphatic heterocycles. The highest BCUT2D eigenvalue weighted by atomic mass is 16.2. The summed E-state index contributed by atoms with van der Waals surface area (Å²) in [5.74, 6) is 0. The highest BCUT2D eigenvalue weighted by Gasteiger charge is 2.13. The Balaban J connectivity index is 3.92. The highest BCUT2D eigenvalue weighted by Crippen LogP contribution is 1.98. The molecule has 0 radical (unpaired) electrons. The van der Waals surface area contributed by atoms with Gasteiger partial charge in [-0.1, -0.05) is 13.3 Å². The van der Waals surface area contributed by atoms with Crippen LogP contribution in [0.1, 0.15) is 33.6 Å². The summed E-state index contributed by atoms with van der Waals surface area (Å²) in [5, 5.41) is 0. The lowest BCUT2D eigenvalue weighted by Crippen LogP contribution is -2.41. The van der Waals surface area contributed by atoms with Crippen molar-refractivity contribution in [2.24, 2.45) is 0 Å². The number of rotatable bonds is 5. The van der Waals surface area contributed by atoms with Gasteiger partial charge in [-0.3, -0.25) is 0 Å². The molecule has 0 fully saturated rings. The number of carbonyl (C=O) groups is 1. The molecule has 78 valence electrons. The molecule has 0 heterocycles. The smallest absolute Gasteiger partial charge is 0.319 e. The summed E-state index contributed by atoms with van der Waals surface area (Å²) in [6, 6.07) is 0.151. The van der Waals surface area contributed by atoms with Crippen LogP contribution >= 0.6 is 0 Å². The third kappa shape index (κ3) is 4.15. The van der Waals surface area contributed by atoms with Crippen molar-refractivity contribution in [3.8, 4) is 0 Å². The molecule has 0 N–H and O–H groups in total. The number of amides is 2. The van der Waals surface area contributed by atoms with E-state index in [1.54, 1.807) is 4.90 Å². The van der Waals surface area contributed by atoms with Crippen LogP contribution in [0.5, 0.6) is 0 Å². The number of carbonyl (C=O) groups excluding carboxylic acids is 1. The van der Waals surface area contributed by atoms with E-state index in [0.29, 0.717) is 0 Å². The SMILES string of the molecule is CCCCN(C)C(=O)N(CC)CC. The Morgan fingerprint density at radius 2 is 1.69 bits per heavy atom. The molecule has 3 heteroatoms. The molecule has 0 atom stereocenters. The molecular weight excluding hydrogens is 164 g/mol. The van der Waals surface area contributed by atoms with Crippen molar-refractivity contribution in [3.63, 3.8) is 0 Å². The predicted octanol–water partition coefficient (Wildman–Crippen LogP) is 2.18. The van der Waals surface area contributed by atoms with Crippen LogP contribution in [0.25, 0.3) is 0 Å². The second-order valence-corrected chi connectivity index (χ2v) is 3.23. The van der Waals surface area contributed by atoms with E-state index in [1.165, 1.54) is 0 Å². The van der Waals surface area contributed by atoms with E-state index in [0.717, 1.165) is 32.5 Å². The number of hydrogen-bond donors (Lipinski definition) is 0. The minimum absolute atomic E-state index is 0.151. The normalized spacial score (nSPS) is 9.85. The van der Waals surface area contributed by atoms with Crippen molar-refractivity contribution in [1.29, 1.82) is 0 Å². The molecule has 13 heavy (non-hydrogen) atoms. The number of nitrogens with zero attached hydrogens (tertiary/aromatic N) is 2. The number of unbranched alkanes of at least 4 members (excludes halogenated alkanes) is 1. The summed E-state index contributed by atoms with van der Waals surface area (Å²) in [6.07, 6.45) is 2.22. The molecule has 2 amide bonds. The minimum Gasteiger partial charge on any atom is -0.328 e. The summed E-state index contributed by atoms with van der Waals surface area (Å²) in [4.78, 5) is 15.3. The zero-order valence-electron chi connectivity index (χ0n) is 9.34. The average molecular weight is 186 g/mol. The Kier molecular flexibility index (Phi) is 6.37. The predicted molar refractivity (Wildman–Crippen MR) is 55.9 cm³/mol. The van der Waals surface area contributed by atoms with E-state index in [4.69, 9.17) is 0 Å². The molecule has 0 spiro atoms. The van der Waals surface area contributed by atoms with Gasteiger partial charge in [0.2, 0.25) is 0 Å². The third-order valence-corrected chi connectivity index (χ3v) is 2.21. The van der Waals surface area contributed by atoms with Gasteiger partial charge in [-0.15, -0.1) is 0 Å². The van der Waals surface area contributed by atoms with Crippen LogP contribution in [0.15, 0.2) is 0 Å². The van der Waals surface area contributed by atoms with E-state index >= 15 is 0 Å². The van der Waals surface area contributed by atoms with Crippen molar-refractivity contribution in [3.05, 3.63) is 0 Å². The molecule has 0 aromatic rings. The Morgan fingerprint density at radius 3 is 2.08 bits per heavy atom. The van der Waals surface area contributed by atoms with Crippen LogP contribution in [0, 0.1) is 0 Å². The third-order valence-electron chi connectivity index (χ3n) is 2.21. The van der Waals surface area contributed by atoms with E-state index in [1.807, 2.05) is 25.8 Å². The quantitative estimate of drug-likeness (QED) is 0.645. The maximum Gasteiger partial charge on any atom is 0.319 e. The molecule has 0 aliphatic carbocycles. The van der Waals surface area contributed by atoms with Gasteiger partial charge in [-0.05, 0) is 20.3 Å². The average Bonchev–Trinajstić information content (AvgIpc) is 2.15. The van der Waals surface area contributed by atoms with Crippen LogP contribution < -0.4 is 0 Å². The molecular formula is C10H22N2O. The Morgan fingerprint density at radius 1 is 1.15 bits per heavy atom. The maximum atomic E-state index is 11.7. The number of hydrogen-bond acceptors (Lipinski definition) is 1. The van der Waals surface area contributed by atoms with E-state index in [2.05, 4.69) is 6.92 Å². The molecule has 3 nitrogen and oxygen atoms in total. The van der Waals surface area contributed by atoms with Gasteiger partial charge in [0.05, 0.1) is 0 Å². The Hall–Kier alpha value is -0.730. The second kappa shape index (κ2) is 6.75. The van der Waals surface area contributed by atoms with Gasteiger partial charge < -0.3 is 9.80 Å². The largest absolute Gasteiger partial charge is 0.328 e. The summed E-state index contributed by atoms with van der Waals surface area (Å²) < 4.78 is 0. The first kappa shape index (κ1) is 12.3. The lowest BCUT2D eigenvalue weighted by Gasteiger charge is -2.25. The van der Waals surface area contributed by atoms with E-state index in [-0.39, 0.29) is 6.03 Å². The van der Waals surface area contributed by atoms with Gasteiger partial charge in [-0.2, -0.15) is 0 Å². The molecule has 0 bridgehead atoms. The fraction of sp³-hybridized carbons (Fsp3) is 0.900. The molecule has 0 rings (SSSR count). The minimum atomic E-state index is 0.151. The fourth-order valence-electron chi connectivity index (χ4n) is 1.23. The zero-order chi connectivity index (χ0) is 10.3. The van der Waals surface area contributed by atoms with Crippen LogP contribution in [0.4, 0.5) is 4.79 Å². The van der Waals surface area contributed by atoms with Crippen LogP contribution in [-0.2, 0) is 0 Å². The topological polar surface area (TPSA) is 23.6 Å². The van der Waals surface area contributed by atoms with Crippen molar-refractivity contribution in [2.45, 2.75) is 33.6 Å². The summed E-state index contributed by atoms with van der Waals surface area (Å²) in [6.45, 7) is 8.61. The summed E-state index contributed by atoms with van der Waals surface area (Å²) in [7, 11) is 1.87. The monoisotopic (exact) mass is 186 g/mol. The second-order valence-electron chi connectivity index (χ2n) is 3.23. The molecule has 0 saturated heterocycles. The van der Waals surface area contributed by atoms with Crippen LogP contribution in [0.2, 0.25) is 0 Å². The van der Waals surface area contributed by atoms with Gasteiger partial charge in [0, 0.05) is 26.7 Å². The molecule has 0 aromatic carbocycles. The first-order valence-electron chi connectivity index (χ1n) is 5.17. The lowest BCUT2D eigenvalue weighted by molar-refractivity contribution is 0.167. The van der Waals surface area contributed by atoms with E-state index < -0.39 is 0 Å². The van der Waals surface area contributed by atoms with Gasteiger partial charge in [0.25, 0.3) is 0 Å².